The van der Waals surface area contributed by atoms with E-state index in [4.69, 9.17) is 23.2 Å². The number of hydrogen-bond donors (Lipinski definition) is 2. The Balaban J connectivity index is 1.46. The first kappa shape index (κ1) is 24.9. The van der Waals surface area contributed by atoms with Crippen molar-refractivity contribution in [2.75, 3.05) is 6.54 Å². The summed E-state index contributed by atoms with van der Waals surface area (Å²) in [4.78, 5) is 37.7. The van der Waals surface area contributed by atoms with Gasteiger partial charge in [0.15, 0.2) is 0 Å². The molecule has 1 atom stereocenters. The second-order valence-electron chi connectivity index (χ2n) is 8.59. The first-order chi connectivity index (χ1) is 17.8. The van der Waals surface area contributed by atoms with Crippen molar-refractivity contribution in [3.8, 4) is 5.69 Å². The first-order valence-corrected chi connectivity index (χ1v) is 12.3. The molecule has 0 saturated carbocycles. The van der Waals surface area contributed by atoms with Gasteiger partial charge in [0.2, 0.25) is 0 Å². The van der Waals surface area contributed by atoms with E-state index in [1.807, 2.05) is 12.2 Å². The topological polar surface area (TPSA) is 106 Å². The second-order valence-corrected chi connectivity index (χ2v) is 9.41. The quantitative estimate of drug-likeness (QED) is 0.372. The smallest absolute Gasteiger partial charge is 0.270 e. The summed E-state index contributed by atoms with van der Waals surface area (Å²) in [5.41, 5.74) is 2.29. The minimum atomic E-state index is -0.723. The molecule has 2 heterocycles. The molecule has 188 valence electrons. The molecule has 1 unspecified atom stereocenters. The lowest BCUT2D eigenvalue weighted by Gasteiger charge is -2.20. The van der Waals surface area contributed by atoms with Crippen LogP contribution in [0.25, 0.3) is 11.8 Å². The summed E-state index contributed by atoms with van der Waals surface area (Å²) in [5, 5.41) is 7.25. The van der Waals surface area contributed by atoms with Crippen molar-refractivity contribution in [1.29, 1.82) is 0 Å². The molecule has 0 aliphatic heterocycles. The summed E-state index contributed by atoms with van der Waals surface area (Å²) in [6.07, 6.45) is 6.82. The number of nitrogens with one attached hydrogen (secondary N) is 2. The van der Waals surface area contributed by atoms with Crippen LogP contribution in [0.2, 0.25) is 10.0 Å². The maximum Gasteiger partial charge on any atom is 0.270 e. The molecule has 1 aliphatic carbocycles. The van der Waals surface area contributed by atoms with Crippen LogP contribution in [-0.4, -0.2) is 37.2 Å². The molecule has 1 aliphatic rings. The maximum absolute atomic E-state index is 14.1. The molecule has 0 spiro atoms. The molecular formula is C26H21Cl2FN6O2. The first-order valence-electron chi connectivity index (χ1n) is 11.5. The fraction of sp³-hybridized carbons (Fsp3) is 0.192. The molecule has 5 rings (SSSR count). The zero-order chi connectivity index (χ0) is 26.1. The minimum Gasteiger partial charge on any atom is -0.351 e. The summed E-state index contributed by atoms with van der Waals surface area (Å²) in [7, 11) is 0. The average molecular weight is 539 g/mol. The standard InChI is InChI=1S/C26H21Cl2FN6O2/c1-14-31-13-35(34-14)17-10-19(27)23(20(28)11-17)25(36)30-12-18(15-5-4-6-16(29)9-15)24-26(37)33-22-8-3-2-7-21(22)32-24/h2,4-7,9-11,13,18H,3,8,12H2,1H3,(H,30,36)(H,33,37). The number of fused-ring (bicyclic) bond motifs is 1. The highest BCUT2D eigenvalue weighted by Gasteiger charge is 2.25. The van der Waals surface area contributed by atoms with E-state index in [0.717, 1.165) is 12.1 Å². The minimum absolute atomic E-state index is 0.0441. The average Bonchev–Trinajstić information content (AvgIpc) is 3.30. The summed E-state index contributed by atoms with van der Waals surface area (Å²) < 4.78 is 15.6. The van der Waals surface area contributed by atoms with Crippen LogP contribution in [0.3, 0.4) is 0 Å². The Kier molecular flexibility index (Phi) is 6.90. The number of H-pyrrole nitrogens is 1. The van der Waals surface area contributed by atoms with Gasteiger partial charge in [-0.1, -0.05) is 41.4 Å². The van der Waals surface area contributed by atoms with Gasteiger partial charge in [-0.3, -0.25) is 9.59 Å². The number of aryl methyl sites for hydroxylation is 2. The lowest BCUT2D eigenvalue weighted by Crippen LogP contribution is -2.33. The lowest BCUT2D eigenvalue weighted by atomic mass is 9.94. The van der Waals surface area contributed by atoms with Gasteiger partial charge in [-0.25, -0.2) is 19.0 Å². The molecular weight excluding hydrogens is 518 g/mol. The van der Waals surface area contributed by atoms with E-state index in [-0.39, 0.29) is 33.4 Å². The molecule has 0 bridgehead atoms. The predicted molar refractivity (Wildman–Crippen MR) is 139 cm³/mol. The van der Waals surface area contributed by atoms with Crippen LogP contribution < -0.4 is 10.9 Å². The van der Waals surface area contributed by atoms with Crippen LogP contribution in [0.4, 0.5) is 4.39 Å². The van der Waals surface area contributed by atoms with Gasteiger partial charge in [0.1, 0.15) is 23.7 Å². The van der Waals surface area contributed by atoms with E-state index < -0.39 is 17.6 Å². The van der Waals surface area contributed by atoms with Gasteiger partial charge < -0.3 is 10.3 Å². The molecule has 0 saturated heterocycles. The normalized spacial score (nSPS) is 13.3. The second kappa shape index (κ2) is 10.3. The Morgan fingerprint density at radius 2 is 2.03 bits per heavy atom. The Morgan fingerprint density at radius 3 is 2.73 bits per heavy atom. The molecule has 4 aromatic rings. The van der Waals surface area contributed by atoms with Gasteiger partial charge in [0, 0.05) is 18.2 Å². The number of halogens is 3. The van der Waals surface area contributed by atoms with Crippen LogP contribution in [0, 0.1) is 12.7 Å². The Hall–Kier alpha value is -3.82. The third-order valence-electron chi connectivity index (χ3n) is 6.06. The number of aromatic nitrogens is 5. The van der Waals surface area contributed by atoms with Crippen molar-refractivity contribution < 1.29 is 9.18 Å². The summed E-state index contributed by atoms with van der Waals surface area (Å²) in [5.74, 6) is -1.17. The van der Waals surface area contributed by atoms with Crippen molar-refractivity contribution in [2.45, 2.75) is 25.7 Å². The fourth-order valence-electron chi connectivity index (χ4n) is 4.26. The molecule has 1 amide bonds. The summed E-state index contributed by atoms with van der Waals surface area (Å²) in [6, 6.07) is 8.98. The van der Waals surface area contributed by atoms with E-state index in [1.54, 1.807) is 31.2 Å². The van der Waals surface area contributed by atoms with Gasteiger partial charge in [0.25, 0.3) is 11.5 Å². The van der Waals surface area contributed by atoms with Gasteiger partial charge in [-0.2, -0.15) is 5.10 Å². The van der Waals surface area contributed by atoms with E-state index in [9.17, 15) is 14.0 Å². The molecule has 2 aromatic carbocycles. The summed E-state index contributed by atoms with van der Waals surface area (Å²) in [6.45, 7) is 1.70. The van der Waals surface area contributed by atoms with E-state index >= 15 is 0 Å². The molecule has 2 aromatic heterocycles. The zero-order valence-electron chi connectivity index (χ0n) is 19.6. The van der Waals surface area contributed by atoms with Crippen LogP contribution in [0.1, 0.15) is 51.2 Å². The number of aromatic amines is 1. The number of carbonyl (C=O) groups is 1. The fourth-order valence-corrected chi connectivity index (χ4v) is 4.91. The molecule has 8 nitrogen and oxygen atoms in total. The third kappa shape index (κ3) is 5.19. The van der Waals surface area contributed by atoms with Crippen LogP contribution in [0.5, 0.6) is 0 Å². The van der Waals surface area contributed by atoms with Crippen molar-refractivity contribution in [3.05, 3.63) is 109 Å². The number of amides is 1. The Morgan fingerprint density at radius 1 is 1.24 bits per heavy atom. The van der Waals surface area contributed by atoms with E-state index in [0.29, 0.717) is 29.2 Å². The molecule has 37 heavy (non-hydrogen) atoms. The number of nitrogens with zero attached hydrogens (tertiary/aromatic N) is 4. The van der Waals surface area contributed by atoms with E-state index in [1.165, 1.54) is 23.1 Å². The highest BCUT2D eigenvalue weighted by molar-refractivity contribution is 6.40. The number of rotatable bonds is 6. The number of hydrogen-bond acceptors (Lipinski definition) is 5. The molecule has 0 fully saturated rings. The van der Waals surface area contributed by atoms with Gasteiger partial charge in [-0.05, 0) is 55.7 Å². The van der Waals surface area contributed by atoms with Crippen LogP contribution in [0.15, 0.2) is 53.6 Å². The lowest BCUT2D eigenvalue weighted by molar-refractivity contribution is 0.0952. The van der Waals surface area contributed by atoms with Gasteiger partial charge in [-0.15, -0.1) is 0 Å². The predicted octanol–water partition coefficient (Wildman–Crippen LogP) is 4.63. The van der Waals surface area contributed by atoms with Gasteiger partial charge in [0.05, 0.1) is 27.0 Å². The number of benzene rings is 2. The van der Waals surface area contributed by atoms with Gasteiger partial charge >= 0.3 is 0 Å². The zero-order valence-corrected chi connectivity index (χ0v) is 21.1. The Labute approximate surface area is 221 Å². The monoisotopic (exact) mass is 538 g/mol. The summed E-state index contributed by atoms with van der Waals surface area (Å²) >= 11 is 12.9. The molecule has 0 radical (unpaired) electrons. The molecule has 2 N–H and O–H groups in total. The highest BCUT2D eigenvalue weighted by Crippen LogP contribution is 2.29. The number of allylic oxidation sites excluding steroid dienone is 1. The SMILES string of the molecule is Cc1ncn(-c2cc(Cl)c(C(=O)NCC(c3cccc(F)c3)c3nc4c([nH]c3=O)CCC=C4)c(Cl)c2)n1. The Bertz CT molecular complexity index is 1570. The number of carbonyl (C=O) groups excluding carboxylic acids is 1. The maximum atomic E-state index is 14.1. The van der Waals surface area contributed by atoms with Crippen molar-refractivity contribution >= 4 is 35.2 Å². The van der Waals surface area contributed by atoms with Crippen LogP contribution in [-0.2, 0) is 6.42 Å². The van der Waals surface area contributed by atoms with E-state index in [2.05, 4.69) is 25.4 Å². The largest absolute Gasteiger partial charge is 0.351 e. The van der Waals surface area contributed by atoms with Crippen LogP contribution >= 0.6 is 23.2 Å². The highest BCUT2D eigenvalue weighted by atomic mass is 35.5. The third-order valence-corrected chi connectivity index (χ3v) is 6.65. The van der Waals surface area contributed by atoms with Crippen molar-refractivity contribution in [1.82, 2.24) is 30.0 Å². The van der Waals surface area contributed by atoms with Crippen molar-refractivity contribution in [3.63, 3.8) is 0 Å². The van der Waals surface area contributed by atoms with Crippen molar-refractivity contribution in [2.24, 2.45) is 0 Å². The molecule has 11 heteroatoms.